The van der Waals surface area contributed by atoms with Crippen LogP contribution in [0.15, 0.2) is 5.11 Å². The number of hydrogen-bond acceptors (Lipinski definition) is 2. The van der Waals surface area contributed by atoms with Crippen LogP contribution in [-0.2, 0) is 0 Å². The Morgan fingerprint density at radius 2 is 1.83 bits per heavy atom. The zero-order chi connectivity index (χ0) is 8.86. The molecule has 0 aromatic heterocycles. The molecule has 0 spiro atoms. The molecule has 12 heavy (non-hydrogen) atoms. The van der Waals surface area contributed by atoms with Crippen LogP contribution in [0, 0.1) is 0 Å². The zero-order valence-electron chi connectivity index (χ0n) is 7.24. The monoisotopic (exact) mass is 169 g/mol. The van der Waals surface area contributed by atoms with Crippen molar-refractivity contribution in [2.75, 3.05) is 6.54 Å². The van der Waals surface area contributed by atoms with E-state index in [1.165, 1.54) is 12.8 Å². The lowest BCUT2D eigenvalue weighted by Crippen LogP contribution is -2.31. The third-order valence-corrected chi connectivity index (χ3v) is 2.46. The van der Waals surface area contributed by atoms with Gasteiger partial charge in [0.05, 0.1) is 12.1 Å². The fourth-order valence-corrected chi connectivity index (χ4v) is 1.71. The summed E-state index contributed by atoms with van der Waals surface area (Å²) in [5, 5.41) is 13.4. The summed E-state index contributed by atoms with van der Waals surface area (Å²) >= 11 is 0. The molecule has 0 aromatic carbocycles. The van der Waals surface area contributed by atoms with Crippen LogP contribution >= 0.6 is 0 Å². The number of rotatable bonds is 2. The van der Waals surface area contributed by atoms with Crippen molar-refractivity contribution in [1.82, 2.24) is 0 Å². The Labute approximate surface area is 72.2 Å². The number of aliphatic hydroxyl groups is 1. The molecule has 0 aliphatic heterocycles. The van der Waals surface area contributed by atoms with Crippen LogP contribution < -0.4 is 0 Å². The summed E-state index contributed by atoms with van der Waals surface area (Å²) < 4.78 is 0. The minimum Gasteiger partial charge on any atom is -0.390 e. The van der Waals surface area contributed by atoms with Crippen molar-refractivity contribution >= 4 is 0 Å². The average Bonchev–Trinajstić information content (AvgIpc) is 2.27. The Balaban J connectivity index is 2.47. The maximum absolute atomic E-state index is 9.92. The summed E-state index contributed by atoms with van der Waals surface area (Å²) in [7, 11) is 0. The van der Waals surface area contributed by atoms with Gasteiger partial charge in [0.25, 0.3) is 0 Å². The van der Waals surface area contributed by atoms with E-state index in [2.05, 4.69) is 10.0 Å². The molecule has 0 bridgehead atoms. The van der Waals surface area contributed by atoms with E-state index in [9.17, 15) is 5.11 Å². The molecule has 1 saturated carbocycles. The van der Waals surface area contributed by atoms with E-state index in [-0.39, 0.29) is 6.54 Å². The van der Waals surface area contributed by atoms with Crippen molar-refractivity contribution in [1.29, 1.82) is 0 Å². The fraction of sp³-hybridized carbons (Fsp3) is 1.00. The minimum absolute atomic E-state index is 0.240. The maximum atomic E-state index is 9.92. The first-order valence-corrected chi connectivity index (χ1v) is 4.50. The second-order valence-corrected chi connectivity index (χ2v) is 3.53. The molecular weight excluding hydrogens is 154 g/mol. The second-order valence-electron chi connectivity index (χ2n) is 3.53. The molecule has 4 heteroatoms. The first-order valence-electron chi connectivity index (χ1n) is 4.50. The molecule has 0 aromatic rings. The predicted octanol–water partition coefficient (Wildman–Crippen LogP) is 2.38. The van der Waals surface area contributed by atoms with E-state index < -0.39 is 5.60 Å². The van der Waals surface area contributed by atoms with Gasteiger partial charge in [-0.25, -0.2) is 0 Å². The van der Waals surface area contributed by atoms with Crippen LogP contribution in [0.3, 0.4) is 0 Å². The highest BCUT2D eigenvalue weighted by molar-refractivity contribution is 4.83. The number of hydrogen-bond donors (Lipinski definition) is 1. The molecule has 0 radical (unpaired) electrons. The summed E-state index contributed by atoms with van der Waals surface area (Å²) in [5.41, 5.74) is 7.42. The molecular formula is C8H15N3O. The molecule has 1 aliphatic carbocycles. The lowest BCUT2D eigenvalue weighted by molar-refractivity contribution is 0.0340. The predicted molar refractivity (Wildman–Crippen MR) is 46.7 cm³/mol. The summed E-state index contributed by atoms with van der Waals surface area (Å²) in [6.07, 6.45) is 6.06. The molecule has 68 valence electrons. The van der Waals surface area contributed by atoms with Gasteiger partial charge in [-0.15, -0.1) is 0 Å². The van der Waals surface area contributed by atoms with Gasteiger partial charge in [-0.2, -0.15) is 0 Å². The molecule has 1 N–H and O–H groups in total. The van der Waals surface area contributed by atoms with Gasteiger partial charge < -0.3 is 5.11 Å². The van der Waals surface area contributed by atoms with Crippen LogP contribution in [0.4, 0.5) is 0 Å². The molecule has 1 aliphatic rings. The van der Waals surface area contributed by atoms with E-state index in [1.54, 1.807) is 0 Å². The fourth-order valence-electron chi connectivity index (χ4n) is 1.71. The average molecular weight is 169 g/mol. The molecule has 0 atom stereocenters. The molecule has 0 heterocycles. The van der Waals surface area contributed by atoms with Gasteiger partial charge >= 0.3 is 0 Å². The Bertz CT molecular complexity index is 179. The van der Waals surface area contributed by atoms with E-state index in [0.717, 1.165) is 25.7 Å². The van der Waals surface area contributed by atoms with Gasteiger partial charge in [0, 0.05) is 4.91 Å². The second kappa shape index (κ2) is 4.33. The highest BCUT2D eigenvalue weighted by Crippen LogP contribution is 2.27. The summed E-state index contributed by atoms with van der Waals surface area (Å²) in [4.78, 5) is 2.67. The number of nitrogens with zero attached hydrogens (tertiary/aromatic N) is 3. The van der Waals surface area contributed by atoms with Crippen molar-refractivity contribution < 1.29 is 5.11 Å². The Morgan fingerprint density at radius 3 is 2.33 bits per heavy atom. The zero-order valence-corrected chi connectivity index (χ0v) is 7.24. The number of azide groups is 1. The summed E-state index contributed by atoms with van der Waals surface area (Å²) in [6.45, 7) is 0.240. The Morgan fingerprint density at radius 1 is 1.25 bits per heavy atom. The van der Waals surface area contributed by atoms with Crippen molar-refractivity contribution in [2.45, 2.75) is 44.1 Å². The normalized spacial score (nSPS) is 22.4. The van der Waals surface area contributed by atoms with Crippen LogP contribution in [-0.4, -0.2) is 17.3 Å². The van der Waals surface area contributed by atoms with Crippen LogP contribution in [0.25, 0.3) is 10.4 Å². The SMILES string of the molecule is [N-]=[N+]=NCC1(O)CCCCCC1. The van der Waals surface area contributed by atoms with Crippen molar-refractivity contribution in [3.8, 4) is 0 Å². The summed E-state index contributed by atoms with van der Waals surface area (Å²) in [6, 6.07) is 0. The Hall–Kier alpha value is -0.730. The smallest absolute Gasteiger partial charge is 0.0704 e. The van der Waals surface area contributed by atoms with Crippen molar-refractivity contribution in [3.63, 3.8) is 0 Å². The van der Waals surface area contributed by atoms with Crippen molar-refractivity contribution in [2.24, 2.45) is 5.11 Å². The van der Waals surface area contributed by atoms with Gasteiger partial charge in [-0.3, -0.25) is 0 Å². The Kier molecular flexibility index (Phi) is 3.38. The van der Waals surface area contributed by atoms with E-state index in [1.807, 2.05) is 0 Å². The largest absolute Gasteiger partial charge is 0.390 e. The molecule has 1 fully saturated rings. The molecule has 0 saturated heterocycles. The van der Waals surface area contributed by atoms with Crippen LogP contribution in [0.2, 0.25) is 0 Å². The maximum Gasteiger partial charge on any atom is 0.0704 e. The van der Waals surface area contributed by atoms with Crippen LogP contribution in [0.5, 0.6) is 0 Å². The molecule has 4 nitrogen and oxygen atoms in total. The molecule has 0 amide bonds. The van der Waals surface area contributed by atoms with Crippen LogP contribution in [0.1, 0.15) is 38.5 Å². The highest BCUT2D eigenvalue weighted by atomic mass is 16.3. The topological polar surface area (TPSA) is 69.0 Å². The molecule has 1 rings (SSSR count). The van der Waals surface area contributed by atoms with Gasteiger partial charge in [0.15, 0.2) is 0 Å². The van der Waals surface area contributed by atoms with Crippen molar-refractivity contribution in [3.05, 3.63) is 10.4 Å². The van der Waals surface area contributed by atoms with Gasteiger partial charge in [-0.05, 0) is 18.4 Å². The minimum atomic E-state index is -0.706. The standard InChI is InChI=1S/C8H15N3O/c9-11-10-7-8(12)5-3-1-2-4-6-8/h12H,1-7H2. The first-order chi connectivity index (χ1) is 5.77. The summed E-state index contributed by atoms with van der Waals surface area (Å²) in [5.74, 6) is 0. The third kappa shape index (κ3) is 2.72. The lowest BCUT2D eigenvalue weighted by Gasteiger charge is -2.23. The molecule has 0 unspecified atom stereocenters. The third-order valence-electron chi connectivity index (χ3n) is 2.46. The quantitative estimate of drug-likeness (QED) is 0.293. The van der Waals surface area contributed by atoms with E-state index >= 15 is 0 Å². The van der Waals surface area contributed by atoms with Gasteiger partial charge in [-0.1, -0.05) is 30.8 Å². The lowest BCUT2D eigenvalue weighted by atomic mass is 9.95. The van der Waals surface area contributed by atoms with E-state index in [4.69, 9.17) is 5.53 Å². The highest BCUT2D eigenvalue weighted by Gasteiger charge is 2.26. The van der Waals surface area contributed by atoms with Gasteiger partial charge in [0.1, 0.15) is 0 Å². The van der Waals surface area contributed by atoms with Gasteiger partial charge in [0.2, 0.25) is 0 Å². The first kappa shape index (κ1) is 9.36. The van der Waals surface area contributed by atoms with E-state index in [0.29, 0.717) is 0 Å².